The second kappa shape index (κ2) is 10.4. The lowest BCUT2D eigenvalue weighted by atomic mass is 10.00. The quantitative estimate of drug-likeness (QED) is 0.516. The predicted octanol–water partition coefficient (Wildman–Crippen LogP) is 2.16. The number of amides is 2. The van der Waals surface area contributed by atoms with Gasteiger partial charge in [0, 0.05) is 25.7 Å². The van der Waals surface area contributed by atoms with Crippen LogP contribution in [0, 0.1) is 5.82 Å². The molecule has 8 nitrogen and oxygen atoms in total. The number of aryl methyl sites for hydroxylation is 1. The second-order valence-corrected chi connectivity index (χ2v) is 7.93. The molecule has 1 aliphatic rings. The standard InChI is InChI=1S/C20H22ClF4N5O3/c1-30-17(20(23,24)25)6-12(29-30)9-27-19(32)16-5-2-11(8-26-16)28-18(31)10-33-13-3-4-14(21)15(22)7-13/h3-4,6-7,11,16,26H,2,5,8-10H2,1H3,(H,27,32)(H,28,31)/t11?,16-/m1/s1. The van der Waals surface area contributed by atoms with Crippen LogP contribution in [-0.2, 0) is 29.4 Å². The van der Waals surface area contributed by atoms with Gasteiger partial charge in [0.1, 0.15) is 17.3 Å². The number of carbonyl (C=O) groups is 2. The van der Waals surface area contributed by atoms with E-state index in [0.29, 0.717) is 19.4 Å². The van der Waals surface area contributed by atoms with E-state index in [1.165, 1.54) is 19.2 Å². The molecule has 180 valence electrons. The first-order chi connectivity index (χ1) is 15.5. The number of nitrogens with one attached hydrogen (secondary N) is 3. The van der Waals surface area contributed by atoms with Gasteiger partial charge in [-0.15, -0.1) is 0 Å². The molecular weight excluding hydrogens is 470 g/mol. The molecule has 1 aromatic heterocycles. The Balaban J connectivity index is 1.38. The lowest BCUT2D eigenvalue weighted by Gasteiger charge is -2.29. The zero-order valence-corrected chi connectivity index (χ0v) is 18.3. The number of hydrogen-bond acceptors (Lipinski definition) is 5. The van der Waals surface area contributed by atoms with Gasteiger partial charge in [-0.3, -0.25) is 14.3 Å². The molecule has 3 rings (SSSR count). The van der Waals surface area contributed by atoms with Crippen molar-refractivity contribution in [1.82, 2.24) is 25.7 Å². The first-order valence-corrected chi connectivity index (χ1v) is 10.4. The fourth-order valence-electron chi connectivity index (χ4n) is 3.37. The molecule has 0 bridgehead atoms. The lowest BCUT2D eigenvalue weighted by molar-refractivity contribution is -0.143. The Labute approximate surface area is 191 Å². The molecule has 1 aromatic carbocycles. The molecular formula is C20H22ClF4N5O3. The molecule has 2 atom stereocenters. The van der Waals surface area contributed by atoms with E-state index >= 15 is 0 Å². The molecule has 2 aromatic rings. The smallest absolute Gasteiger partial charge is 0.433 e. The fraction of sp³-hybridized carbons (Fsp3) is 0.450. The molecule has 0 saturated carbocycles. The third-order valence-corrected chi connectivity index (χ3v) is 5.33. The minimum Gasteiger partial charge on any atom is -0.484 e. The number of halogens is 5. The van der Waals surface area contributed by atoms with Gasteiger partial charge in [-0.25, -0.2) is 4.39 Å². The van der Waals surface area contributed by atoms with Crippen LogP contribution >= 0.6 is 11.6 Å². The molecule has 33 heavy (non-hydrogen) atoms. The Hall–Kier alpha value is -2.86. The topological polar surface area (TPSA) is 97.3 Å². The van der Waals surface area contributed by atoms with E-state index in [2.05, 4.69) is 21.0 Å². The van der Waals surface area contributed by atoms with Crippen LogP contribution in [-0.4, -0.2) is 46.8 Å². The van der Waals surface area contributed by atoms with Crippen molar-refractivity contribution in [3.05, 3.63) is 46.5 Å². The highest BCUT2D eigenvalue weighted by atomic mass is 35.5. The highest BCUT2D eigenvalue weighted by Gasteiger charge is 2.35. The molecule has 2 amide bonds. The van der Waals surface area contributed by atoms with Gasteiger partial charge >= 0.3 is 6.18 Å². The lowest BCUT2D eigenvalue weighted by Crippen LogP contribution is -2.54. The van der Waals surface area contributed by atoms with Crippen LogP contribution in [0.4, 0.5) is 17.6 Å². The van der Waals surface area contributed by atoms with E-state index in [0.717, 1.165) is 16.8 Å². The summed E-state index contributed by atoms with van der Waals surface area (Å²) in [5, 5.41) is 12.0. The zero-order valence-electron chi connectivity index (χ0n) is 17.5. The van der Waals surface area contributed by atoms with Gasteiger partial charge in [0.25, 0.3) is 5.91 Å². The summed E-state index contributed by atoms with van der Waals surface area (Å²) in [6, 6.07) is 3.95. The van der Waals surface area contributed by atoms with Crippen molar-refractivity contribution in [2.75, 3.05) is 13.2 Å². The maximum Gasteiger partial charge on any atom is 0.433 e. The third kappa shape index (κ3) is 6.81. The van der Waals surface area contributed by atoms with E-state index in [1.54, 1.807) is 0 Å². The summed E-state index contributed by atoms with van der Waals surface area (Å²) in [4.78, 5) is 24.4. The molecule has 1 fully saturated rings. The third-order valence-electron chi connectivity index (χ3n) is 5.02. The van der Waals surface area contributed by atoms with Crippen molar-refractivity contribution >= 4 is 23.4 Å². The van der Waals surface area contributed by atoms with Gasteiger partial charge < -0.3 is 20.7 Å². The Morgan fingerprint density at radius 1 is 1.30 bits per heavy atom. The molecule has 3 N–H and O–H groups in total. The maximum atomic E-state index is 13.4. The zero-order chi connectivity index (χ0) is 24.2. The monoisotopic (exact) mass is 491 g/mol. The van der Waals surface area contributed by atoms with Gasteiger partial charge in [0.15, 0.2) is 6.61 Å². The second-order valence-electron chi connectivity index (χ2n) is 7.53. The van der Waals surface area contributed by atoms with Crippen LogP contribution < -0.4 is 20.7 Å². The molecule has 0 aliphatic carbocycles. The average molecular weight is 492 g/mol. The molecule has 13 heteroatoms. The van der Waals surface area contributed by atoms with E-state index in [-0.39, 0.29) is 41.6 Å². The number of nitrogens with zero attached hydrogens (tertiary/aromatic N) is 2. The van der Waals surface area contributed by atoms with Gasteiger partial charge in [0.2, 0.25) is 5.91 Å². The van der Waals surface area contributed by atoms with Crippen LogP contribution in [0.15, 0.2) is 24.3 Å². The Kier molecular flexibility index (Phi) is 7.80. The minimum absolute atomic E-state index is 0.0511. The Bertz CT molecular complexity index is 1010. The van der Waals surface area contributed by atoms with Crippen molar-refractivity contribution < 1.29 is 31.9 Å². The van der Waals surface area contributed by atoms with Gasteiger partial charge in [0.05, 0.1) is 23.3 Å². The molecule has 0 radical (unpaired) electrons. The van der Waals surface area contributed by atoms with E-state index < -0.39 is 29.6 Å². The summed E-state index contributed by atoms with van der Waals surface area (Å²) in [7, 11) is 1.18. The minimum atomic E-state index is -4.52. The number of alkyl halides is 3. The van der Waals surface area contributed by atoms with E-state index in [9.17, 15) is 27.2 Å². The van der Waals surface area contributed by atoms with Crippen LogP contribution in [0.2, 0.25) is 5.02 Å². The maximum absolute atomic E-state index is 13.4. The highest BCUT2D eigenvalue weighted by molar-refractivity contribution is 6.30. The SMILES string of the molecule is Cn1nc(CNC(=O)[C@H]2CCC(NC(=O)COc3ccc(Cl)c(F)c3)CN2)cc1C(F)(F)F. The van der Waals surface area contributed by atoms with Crippen molar-refractivity contribution in [2.24, 2.45) is 7.05 Å². The first kappa shape index (κ1) is 24.8. The number of rotatable bonds is 7. The van der Waals surface area contributed by atoms with Crippen LogP contribution in [0.3, 0.4) is 0 Å². The van der Waals surface area contributed by atoms with Gasteiger partial charge in [-0.05, 0) is 31.0 Å². The molecule has 1 unspecified atom stereocenters. The van der Waals surface area contributed by atoms with Gasteiger partial charge in [-0.2, -0.15) is 18.3 Å². The number of carbonyl (C=O) groups excluding carboxylic acids is 2. The van der Waals surface area contributed by atoms with Crippen LogP contribution in [0.25, 0.3) is 0 Å². The molecule has 1 saturated heterocycles. The van der Waals surface area contributed by atoms with Gasteiger partial charge in [-0.1, -0.05) is 11.6 Å². The highest BCUT2D eigenvalue weighted by Crippen LogP contribution is 2.29. The molecule has 2 heterocycles. The number of hydrogen-bond donors (Lipinski definition) is 3. The van der Waals surface area contributed by atoms with Crippen LogP contribution in [0.5, 0.6) is 5.75 Å². The summed E-state index contributed by atoms with van der Waals surface area (Å²) in [5.74, 6) is -1.26. The molecule has 0 spiro atoms. The summed E-state index contributed by atoms with van der Waals surface area (Å²) in [5.41, 5.74) is -0.800. The Morgan fingerprint density at radius 3 is 2.67 bits per heavy atom. The van der Waals surface area contributed by atoms with Crippen molar-refractivity contribution in [2.45, 2.75) is 37.6 Å². The first-order valence-electron chi connectivity index (χ1n) is 10.0. The fourth-order valence-corrected chi connectivity index (χ4v) is 3.49. The Morgan fingerprint density at radius 2 is 2.06 bits per heavy atom. The van der Waals surface area contributed by atoms with E-state index in [1.807, 2.05) is 0 Å². The normalized spacial score (nSPS) is 18.6. The largest absolute Gasteiger partial charge is 0.484 e. The van der Waals surface area contributed by atoms with Crippen LogP contribution in [0.1, 0.15) is 24.2 Å². The van der Waals surface area contributed by atoms with Crippen molar-refractivity contribution in [1.29, 1.82) is 0 Å². The van der Waals surface area contributed by atoms with Crippen molar-refractivity contribution in [3.8, 4) is 5.75 Å². The van der Waals surface area contributed by atoms with Crippen molar-refractivity contribution in [3.63, 3.8) is 0 Å². The number of benzene rings is 1. The summed E-state index contributed by atoms with van der Waals surface area (Å²) in [6.45, 7) is -0.129. The average Bonchev–Trinajstić information content (AvgIpc) is 3.14. The summed E-state index contributed by atoms with van der Waals surface area (Å²) >= 11 is 5.59. The van der Waals surface area contributed by atoms with E-state index in [4.69, 9.17) is 16.3 Å². The summed E-state index contributed by atoms with van der Waals surface area (Å²) in [6.07, 6.45) is -3.60. The predicted molar refractivity (Wildman–Crippen MR) is 110 cm³/mol. The number of aromatic nitrogens is 2. The molecule has 1 aliphatic heterocycles. The summed E-state index contributed by atoms with van der Waals surface area (Å²) < 4.78 is 57.8. The number of piperidine rings is 1. The number of ether oxygens (including phenoxy) is 1.